The summed E-state index contributed by atoms with van der Waals surface area (Å²) in [5, 5.41) is -0.525. The maximum Gasteiger partial charge on any atom is 0.201 e. The van der Waals surface area contributed by atoms with Gasteiger partial charge in [-0.15, -0.1) is 0 Å². The van der Waals surface area contributed by atoms with E-state index in [1.165, 1.54) is 11.1 Å². The van der Waals surface area contributed by atoms with E-state index in [2.05, 4.69) is 83.6 Å². The molecule has 2 unspecified atom stereocenters. The van der Waals surface area contributed by atoms with Gasteiger partial charge in [-0.05, 0) is 64.7 Å². The van der Waals surface area contributed by atoms with Crippen LogP contribution in [-0.2, 0) is 4.57 Å². The molecule has 3 heteroatoms. The molecule has 1 rings (SSSR count). The van der Waals surface area contributed by atoms with Crippen LogP contribution in [0.3, 0.4) is 0 Å². The van der Waals surface area contributed by atoms with Crippen molar-refractivity contribution in [2.24, 2.45) is 5.41 Å². The molecule has 0 aliphatic carbocycles. The maximum atomic E-state index is 12.8. The molecule has 1 heterocycles. The summed E-state index contributed by atoms with van der Waals surface area (Å²) in [5.41, 5.74) is 4.16. The highest BCUT2D eigenvalue weighted by atomic mass is 31.1. The van der Waals surface area contributed by atoms with Crippen LogP contribution < -0.4 is 0 Å². The molecule has 0 aromatic carbocycles. The third-order valence-electron chi connectivity index (χ3n) is 6.29. The number of nitrogens with zero attached hydrogens (tertiary/aromatic N) is 1. The Labute approximate surface area is 168 Å². The Hall–Kier alpha value is -1.53. The van der Waals surface area contributed by atoms with Gasteiger partial charge in [0.15, 0.2) is 14.2 Å². The lowest BCUT2D eigenvalue weighted by Gasteiger charge is -2.42. The molecule has 0 aromatic rings. The van der Waals surface area contributed by atoms with Gasteiger partial charge in [0.05, 0.1) is 0 Å². The van der Waals surface area contributed by atoms with Crippen molar-refractivity contribution in [1.82, 2.24) is 0 Å². The molecule has 0 aromatic heterocycles. The highest BCUT2D eigenvalue weighted by molar-refractivity contribution is 7.28. The number of rotatable bonds is 9. The van der Waals surface area contributed by atoms with Crippen LogP contribution in [0.15, 0.2) is 60.4 Å². The van der Waals surface area contributed by atoms with Crippen molar-refractivity contribution in [3.63, 3.8) is 0 Å². The fourth-order valence-electron chi connectivity index (χ4n) is 4.42. The van der Waals surface area contributed by atoms with Crippen LogP contribution >= 0.6 is 8.46 Å². The van der Waals surface area contributed by atoms with Crippen molar-refractivity contribution in [2.45, 2.75) is 72.4 Å². The van der Waals surface area contributed by atoms with E-state index in [0.717, 1.165) is 43.6 Å². The molecule has 0 radical (unpaired) electrons. The normalized spacial score (nSPS) is 27.3. The SMILES string of the molecule is C=CC1=[N+](CC)C(=C)C(C)=C(C=CCCC=CC)C(C)(CC)C1(CC)P=O. The molecule has 0 saturated heterocycles. The van der Waals surface area contributed by atoms with Gasteiger partial charge in [0, 0.05) is 11.0 Å². The number of hydrogen-bond acceptors (Lipinski definition) is 1. The van der Waals surface area contributed by atoms with Crippen LogP contribution in [0, 0.1) is 5.41 Å². The van der Waals surface area contributed by atoms with Crippen LogP contribution in [0.25, 0.3) is 0 Å². The number of allylic oxidation sites excluding steroid dienone is 7. The fraction of sp³-hybridized carbons (Fsp3) is 0.542. The van der Waals surface area contributed by atoms with E-state index in [1.54, 1.807) is 0 Å². The summed E-state index contributed by atoms with van der Waals surface area (Å²) in [4.78, 5) is 0. The minimum atomic E-state index is -0.525. The van der Waals surface area contributed by atoms with Crippen LogP contribution in [0.2, 0.25) is 0 Å². The van der Waals surface area contributed by atoms with Gasteiger partial charge in [-0.2, -0.15) is 4.58 Å². The van der Waals surface area contributed by atoms with E-state index in [4.69, 9.17) is 0 Å². The van der Waals surface area contributed by atoms with Gasteiger partial charge in [0.2, 0.25) is 5.70 Å². The quantitative estimate of drug-likeness (QED) is 0.177. The Balaban J connectivity index is 3.78. The van der Waals surface area contributed by atoms with Crippen LogP contribution in [0.1, 0.15) is 67.2 Å². The summed E-state index contributed by atoms with van der Waals surface area (Å²) in [6.45, 7) is 22.2. The maximum absolute atomic E-state index is 12.8. The van der Waals surface area contributed by atoms with Crippen molar-refractivity contribution < 1.29 is 9.14 Å². The minimum absolute atomic E-state index is 0.141. The van der Waals surface area contributed by atoms with Crippen molar-refractivity contribution in [1.29, 1.82) is 0 Å². The molecule has 0 saturated carbocycles. The zero-order valence-electron chi connectivity index (χ0n) is 18.1. The van der Waals surface area contributed by atoms with Gasteiger partial charge in [-0.25, -0.2) is 0 Å². The molecule has 2 nitrogen and oxygen atoms in total. The first kappa shape index (κ1) is 23.5. The summed E-state index contributed by atoms with van der Waals surface area (Å²) in [6, 6.07) is 0. The third kappa shape index (κ3) is 4.02. The fourth-order valence-corrected chi connectivity index (χ4v) is 5.34. The van der Waals surface area contributed by atoms with E-state index in [1.807, 2.05) is 6.08 Å². The average Bonchev–Trinajstić information content (AvgIpc) is 2.74. The second-order valence-corrected chi connectivity index (χ2v) is 8.30. The molecule has 1 aliphatic rings. The van der Waals surface area contributed by atoms with Gasteiger partial charge < -0.3 is 0 Å². The summed E-state index contributed by atoms with van der Waals surface area (Å²) >= 11 is 0. The lowest BCUT2D eigenvalue weighted by Crippen LogP contribution is -2.49. The van der Waals surface area contributed by atoms with Crippen molar-refractivity contribution >= 4 is 14.2 Å². The minimum Gasteiger partial charge on any atom is -0.274 e. The molecule has 148 valence electrons. The highest BCUT2D eigenvalue weighted by Gasteiger charge is 2.57. The smallest absolute Gasteiger partial charge is 0.201 e. The molecule has 2 atom stereocenters. The second kappa shape index (κ2) is 10.1. The average molecular weight is 387 g/mol. The molecular formula is C24H37NOP+. The Kier molecular flexibility index (Phi) is 8.82. The second-order valence-electron chi connectivity index (χ2n) is 7.36. The lowest BCUT2D eigenvalue weighted by molar-refractivity contribution is -0.470. The summed E-state index contributed by atoms with van der Waals surface area (Å²) in [6.07, 6.45) is 14.4. The van der Waals surface area contributed by atoms with Gasteiger partial charge in [0.25, 0.3) is 0 Å². The Morgan fingerprint density at radius 1 is 1.15 bits per heavy atom. The first-order valence-corrected chi connectivity index (χ1v) is 11.0. The molecule has 27 heavy (non-hydrogen) atoms. The van der Waals surface area contributed by atoms with Crippen molar-refractivity contribution in [2.75, 3.05) is 6.54 Å². The summed E-state index contributed by atoms with van der Waals surface area (Å²) < 4.78 is 15.0. The van der Waals surface area contributed by atoms with E-state index in [9.17, 15) is 4.57 Å². The zero-order valence-corrected chi connectivity index (χ0v) is 19.0. The molecule has 0 spiro atoms. The molecule has 1 aliphatic heterocycles. The van der Waals surface area contributed by atoms with Crippen LogP contribution in [-0.4, -0.2) is 22.0 Å². The van der Waals surface area contributed by atoms with Gasteiger partial charge in [-0.3, -0.25) is 4.57 Å². The Morgan fingerprint density at radius 3 is 2.22 bits per heavy atom. The third-order valence-corrected chi connectivity index (χ3v) is 7.64. The highest BCUT2D eigenvalue weighted by Crippen LogP contribution is 2.55. The van der Waals surface area contributed by atoms with Crippen LogP contribution in [0.5, 0.6) is 0 Å². The largest absolute Gasteiger partial charge is 0.274 e. The van der Waals surface area contributed by atoms with E-state index in [-0.39, 0.29) is 13.9 Å². The molecule has 0 N–H and O–H groups in total. The number of hydrogen-bond donors (Lipinski definition) is 0. The standard InChI is InChI=1S/C24H37NOP/c1-9-14-15-16-17-18-21-19(6)20(7)25(13-5)22(10-2)24(12-4,27-26)23(21,8)11-3/h9-10,14,17-18H,2,7,11-13,15-16H2,1,3-6,8H3/q+1. The van der Waals surface area contributed by atoms with Gasteiger partial charge >= 0.3 is 0 Å². The zero-order chi connectivity index (χ0) is 20.7. The summed E-state index contributed by atoms with van der Waals surface area (Å²) in [7, 11) is 0.141. The first-order chi connectivity index (χ1) is 12.8. The topological polar surface area (TPSA) is 20.1 Å². The Morgan fingerprint density at radius 2 is 1.78 bits per heavy atom. The predicted molar refractivity (Wildman–Crippen MR) is 120 cm³/mol. The Bertz CT molecular complexity index is 710. The first-order valence-electron chi connectivity index (χ1n) is 10.1. The van der Waals surface area contributed by atoms with E-state index in [0.29, 0.717) is 0 Å². The predicted octanol–water partition coefficient (Wildman–Crippen LogP) is 7.26. The van der Waals surface area contributed by atoms with Crippen molar-refractivity contribution in [3.8, 4) is 0 Å². The number of likely N-dealkylation sites (N-methyl/N-ethyl adjacent to an activating group) is 1. The van der Waals surface area contributed by atoms with Crippen molar-refractivity contribution in [3.05, 3.63) is 60.4 Å². The summed E-state index contributed by atoms with van der Waals surface area (Å²) in [5.74, 6) is 0. The van der Waals surface area contributed by atoms with Gasteiger partial charge in [0.1, 0.15) is 11.7 Å². The monoisotopic (exact) mass is 386 g/mol. The lowest BCUT2D eigenvalue weighted by atomic mass is 9.64. The number of unbranched alkanes of at least 4 members (excludes halogenated alkanes) is 1. The van der Waals surface area contributed by atoms with Gasteiger partial charge in [-0.1, -0.05) is 51.7 Å². The van der Waals surface area contributed by atoms with E-state index >= 15 is 0 Å². The van der Waals surface area contributed by atoms with E-state index < -0.39 is 5.16 Å². The van der Waals surface area contributed by atoms with Crippen LogP contribution in [0.4, 0.5) is 0 Å². The molecule has 0 amide bonds. The molecular weight excluding hydrogens is 349 g/mol. The molecule has 0 fully saturated rings. The molecule has 0 bridgehead atoms.